The van der Waals surface area contributed by atoms with Crippen LogP contribution in [-0.4, -0.2) is 66.2 Å². The van der Waals surface area contributed by atoms with E-state index in [-0.39, 0.29) is 18.3 Å². The van der Waals surface area contributed by atoms with Crippen molar-refractivity contribution in [3.8, 4) is 5.75 Å². The van der Waals surface area contributed by atoms with Gasteiger partial charge in [-0.1, -0.05) is 49.6 Å². The van der Waals surface area contributed by atoms with E-state index < -0.39 is 42.5 Å². The Hall–Kier alpha value is -3.92. The van der Waals surface area contributed by atoms with Crippen LogP contribution in [0.4, 0.5) is 5.69 Å². The lowest BCUT2D eigenvalue weighted by Gasteiger charge is -2.32. The van der Waals surface area contributed by atoms with Gasteiger partial charge in [-0.15, -0.1) is 0 Å². The first-order valence-corrected chi connectivity index (χ1v) is 14.4. The third-order valence-corrected chi connectivity index (χ3v) is 7.94. The molecule has 0 aromatic heterocycles. The van der Waals surface area contributed by atoms with E-state index in [9.17, 15) is 24.3 Å². The van der Waals surface area contributed by atoms with Crippen molar-refractivity contribution >= 4 is 29.4 Å². The summed E-state index contributed by atoms with van der Waals surface area (Å²) in [6, 6.07) is 15.9. The number of amides is 2. The molecular formula is C31H39N3O7. The summed E-state index contributed by atoms with van der Waals surface area (Å²) in [5.41, 5.74) is 7.36. The summed E-state index contributed by atoms with van der Waals surface area (Å²) >= 11 is 0. The van der Waals surface area contributed by atoms with E-state index in [1.54, 1.807) is 31.2 Å². The zero-order valence-corrected chi connectivity index (χ0v) is 23.4. The number of carbonyl (C=O) groups is 4. The molecule has 2 aromatic carbocycles. The minimum Gasteiger partial charge on any atom is -0.480 e. The van der Waals surface area contributed by atoms with Crippen molar-refractivity contribution < 1.29 is 33.8 Å². The molecule has 2 aliphatic heterocycles. The number of hydrogen-bond acceptors (Lipinski definition) is 7. The molecule has 0 radical (unpaired) electrons. The van der Waals surface area contributed by atoms with E-state index in [1.165, 1.54) is 0 Å². The number of hydrogen-bond donors (Lipinski definition) is 2. The largest absolute Gasteiger partial charge is 0.480 e. The topological polar surface area (TPSA) is 139 Å². The number of aliphatic carboxylic acids is 1. The third-order valence-electron chi connectivity index (χ3n) is 7.94. The molecule has 2 unspecified atom stereocenters. The smallest absolute Gasteiger partial charge is 0.323 e. The maximum absolute atomic E-state index is 13.7. The zero-order valence-electron chi connectivity index (χ0n) is 23.4. The van der Waals surface area contributed by atoms with Crippen molar-refractivity contribution in [1.82, 2.24) is 4.90 Å². The SMILES string of the molecule is CCOC(=O)C(CCCCC1CCN(C(=O)c2ccccc2)CC1)[C@@H]1C(=O)N(CC(=O)O)c2ccccc2OC1N. The average molecular weight is 566 g/mol. The molecule has 1 saturated heterocycles. The number of fused-ring (bicyclic) bond motifs is 1. The lowest BCUT2D eigenvalue weighted by Crippen LogP contribution is -2.51. The third kappa shape index (κ3) is 7.43. The monoisotopic (exact) mass is 565 g/mol. The molecule has 0 bridgehead atoms. The molecule has 0 spiro atoms. The van der Waals surface area contributed by atoms with Gasteiger partial charge in [0.05, 0.1) is 18.2 Å². The van der Waals surface area contributed by atoms with Crippen LogP contribution in [0.5, 0.6) is 5.75 Å². The van der Waals surface area contributed by atoms with E-state index >= 15 is 0 Å². The molecule has 10 heteroatoms. The van der Waals surface area contributed by atoms with Gasteiger partial charge < -0.3 is 19.5 Å². The van der Waals surface area contributed by atoms with Crippen molar-refractivity contribution in [1.29, 1.82) is 0 Å². The van der Waals surface area contributed by atoms with Crippen LogP contribution < -0.4 is 15.4 Å². The molecule has 41 heavy (non-hydrogen) atoms. The van der Waals surface area contributed by atoms with Gasteiger partial charge in [-0.2, -0.15) is 0 Å². The number of carboxylic acids is 1. The summed E-state index contributed by atoms with van der Waals surface area (Å²) in [5, 5.41) is 9.51. The number of para-hydroxylation sites is 2. The highest BCUT2D eigenvalue weighted by atomic mass is 16.5. The second-order valence-electron chi connectivity index (χ2n) is 10.6. The van der Waals surface area contributed by atoms with Crippen LogP contribution in [0.25, 0.3) is 0 Å². The zero-order chi connectivity index (χ0) is 29.4. The summed E-state index contributed by atoms with van der Waals surface area (Å²) in [6.45, 7) is 2.69. The maximum atomic E-state index is 13.7. The number of benzene rings is 2. The highest BCUT2D eigenvalue weighted by Gasteiger charge is 2.45. The molecule has 2 aliphatic rings. The number of likely N-dealkylation sites (tertiary alicyclic amines) is 1. The number of rotatable bonds is 11. The Morgan fingerprint density at radius 1 is 1.05 bits per heavy atom. The first-order chi connectivity index (χ1) is 19.8. The number of unbranched alkanes of at least 4 members (excludes halogenated alkanes) is 1. The second kappa shape index (κ2) is 14.1. The van der Waals surface area contributed by atoms with Gasteiger partial charge >= 0.3 is 11.9 Å². The Kier molecular flexibility index (Phi) is 10.3. The van der Waals surface area contributed by atoms with E-state index in [2.05, 4.69) is 0 Å². The van der Waals surface area contributed by atoms with Crippen molar-refractivity contribution in [2.45, 2.75) is 51.7 Å². The van der Waals surface area contributed by atoms with Crippen molar-refractivity contribution in [2.24, 2.45) is 23.5 Å². The minimum atomic E-state index is -1.19. The molecular weight excluding hydrogens is 526 g/mol. The molecule has 2 amide bonds. The normalized spacial score (nSPS) is 20.0. The van der Waals surface area contributed by atoms with Crippen LogP contribution in [0, 0.1) is 17.8 Å². The van der Waals surface area contributed by atoms with Gasteiger partial charge in [0, 0.05) is 18.7 Å². The molecule has 3 atom stereocenters. The molecule has 1 fully saturated rings. The van der Waals surface area contributed by atoms with Gasteiger partial charge in [-0.25, -0.2) is 0 Å². The summed E-state index contributed by atoms with van der Waals surface area (Å²) in [5.74, 6) is -3.46. The van der Waals surface area contributed by atoms with Crippen molar-refractivity contribution in [3.63, 3.8) is 0 Å². The fourth-order valence-corrected chi connectivity index (χ4v) is 5.82. The summed E-state index contributed by atoms with van der Waals surface area (Å²) in [4.78, 5) is 54.3. The number of ether oxygens (including phenoxy) is 2. The molecule has 2 aromatic rings. The van der Waals surface area contributed by atoms with Crippen LogP contribution in [0.3, 0.4) is 0 Å². The molecule has 10 nitrogen and oxygen atoms in total. The van der Waals surface area contributed by atoms with Gasteiger partial charge in [-0.3, -0.25) is 29.8 Å². The molecule has 4 rings (SSSR count). The van der Waals surface area contributed by atoms with Crippen LogP contribution in [0.1, 0.15) is 55.8 Å². The predicted octanol–water partition coefficient (Wildman–Crippen LogP) is 3.69. The van der Waals surface area contributed by atoms with Gasteiger partial charge in [0.2, 0.25) is 5.91 Å². The Labute approximate surface area is 240 Å². The number of esters is 1. The summed E-state index contributed by atoms with van der Waals surface area (Å²) in [7, 11) is 0. The standard InChI is InChI=1S/C31H39N3O7/c1-2-40-31(39)23(27-28(32)41-25-15-9-8-14-24(25)34(30(27)38)20-26(35)36)13-7-6-10-21-16-18-33(19-17-21)29(37)22-11-4-3-5-12-22/h3-5,8-9,11-12,14-15,21,23,27-28H,2,6-7,10,13,16-20,32H2,1H3,(H,35,36)/t23?,27-,28?/m0/s1. The van der Waals surface area contributed by atoms with Gasteiger partial charge in [0.1, 0.15) is 18.2 Å². The van der Waals surface area contributed by atoms with Crippen molar-refractivity contribution in [3.05, 3.63) is 60.2 Å². The molecule has 2 heterocycles. The van der Waals surface area contributed by atoms with Crippen LogP contribution in [0.2, 0.25) is 0 Å². The van der Waals surface area contributed by atoms with E-state index in [0.717, 1.165) is 30.6 Å². The highest BCUT2D eigenvalue weighted by molar-refractivity contribution is 6.02. The fourth-order valence-electron chi connectivity index (χ4n) is 5.82. The fraction of sp³-hybridized carbons (Fsp3) is 0.484. The first-order valence-electron chi connectivity index (χ1n) is 14.4. The van der Waals surface area contributed by atoms with Crippen LogP contribution >= 0.6 is 0 Å². The average Bonchev–Trinajstić information content (AvgIpc) is 3.07. The molecule has 0 saturated carbocycles. The van der Waals surface area contributed by atoms with Crippen LogP contribution in [-0.2, 0) is 19.1 Å². The van der Waals surface area contributed by atoms with Gasteiger partial charge in [0.25, 0.3) is 5.91 Å². The van der Waals surface area contributed by atoms with Crippen molar-refractivity contribution in [2.75, 3.05) is 31.1 Å². The minimum absolute atomic E-state index is 0.0621. The van der Waals surface area contributed by atoms with E-state index in [1.807, 2.05) is 35.2 Å². The number of carboxylic acid groups (broad SMARTS) is 1. The molecule has 3 N–H and O–H groups in total. The predicted molar refractivity (Wildman–Crippen MR) is 152 cm³/mol. The molecule has 220 valence electrons. The highest BCUT2D eigenvalue weighted by Crippen LogP contribution is 2.37. The lowest BCUT2D eigenvalue weighted by molar-refractivity contribution is -0.155. The first kappa shape index (κ1) is 30.0. The number of piperidine rings is 1. The summed E-state index contributed by atoms with van der Waals surface area (Å²) in [6.07, 6.45) is 3.49. The second-order valence-corrected chi connectivity index (χ2v) is 10.6. The van der Waals surface area contributed by atoms with Gasteiger partial charge in [0.15, 0.2) is 6.23 Å². The van der Waals surface area contributed by atoms with E-state index in [4.69, 9.17) is 15.2 Å². The Balaban J connectivity index is 1.37. The quantitative estimate of drug-likeness (QED) is 0.311. The van der Waals surface area contributed by atoms with Crippen LogP contribution in [0.15, 0.2) is 54.6 Å². The number of nitrogens with two attached hydrogens (primary N) is 1. The number of anilines is 1. The number of nitrogens with zero attached hydrogens (tertiary/aromatic N) is 2. The summed E-state index contributed by atoms with van der Waals surface area (Å²) < 4.78 is 11.2. The Bertz CT molecular complexity index is 1210. The molecule has 0 aliphatic carbocycles. The van der Waals surface area contributed by atoms with Gasteiger partial charge in [-0.05, 0) is 56.4 Å². The lowest BCUT2D eigenvalue weighted by atomic mass is 9.84. The number of carbonyl (C=O) groups excluding carboxylic acids is 3. The Morgan fingerprint density at radius 2 is 1.73 bits per heavy atom. The van der Waals surface area contributed by atoms with E-state index in [0.29, 0.717) is 43.1 Å². The maximum Gasteiger partial charge on any atom is 0.323 e. The Morgan fingerprint density at radius 3 is 2.41 bits per heavy atom.